The Hall–Kier alpha value is -0.850. The van der Waals surface area contributed by atoms with Crippen molar-refractivity contribution in [2.24, 2.45) is 0 Å². The van der Waals surface area contributed by atoms with E-state index in [1.165, 1.54) is 12.8 Å². The molecule has 1 atom stereocenters. The predicted molar refractivity (Wildman–Crippen MR) is 100 cm³/mol. The molecule has 3 rings (SSSR count). The van der Waals surface area contributed by atoms with Crippen LogP contribution in [0.4, 0.5) is 4.79 Å². The summed E-state index contributed by atoms with van der Waals surface area (Å²) in [6.07, 6.45) is 8.95. The van der Waals surface area contributed by atoms with Crippen LogP contribution in [0, 0.1) is 0 Å². The third kappa shape index (κ3) is 5.57. The number of ether oxygens (including phenoxy) is 3. The first-order valence-electron chi connectivity index (χ1n) is 10.5. The van der Waals surface area contributed by atoms with Gasteiger partial charge in [-0.25, -0.2) is 4.79 Å². The van der Waals surface area contributed by atoms with Gasteiger partial charge in [0.25, 0.3) is 0 Å². The SMILES string of the molecule is CC(C)OCCOC1CCOC2(CCN(C(=O)NC3CCCC3)CC2)C1. The fourth-order valence-corrected chi connectivity index (χ4v) is 4.43. The number of carbonyl (C=O) groups is 1. The summed E-state index contributed by atoms with van der Waals surface area (Å²) in [5, 5.41) is 3.20. The van der Waals surface area contributed by atoms with Gasteiger partial charge in [-0.3, -0.25) is 0 Å². The highest BCUT2D eigenvalue weighted by atomic mass is 16.5. The number of amides is 2. The third-order valence-electron chi connectivity index (χ3n) is 5.98. The van der Waals surface area contributed by atoms with Crippen LogP contribution < -0.4 is 5.32 Å². The Bertz CT molecular complexity index is 443. The molecular formula is C20H36N2O4. The Kier molecular flexibility index (Phi) is 7.18. The van der Waals surface area contributed by atoms with Crippen LogP contribution in [0.3, 0.4) is 0 Å². The standard InChI is InChI=1S/C20H36N2O4/c1-16(2)24-13-14-25-18-7-12-26-20(15-18)8-10-22(11-9-20)19(23)21-17-5-3-4-6-17/h16-18H,3-15H2,1-2H3,(H,21,23). The highest BCUT2D eigenvalue weighted by Gasteiger charge is 2.41. The van der Waals surface area contributed by atoms with Gasteiger partial charge < -0.3 is 24.4 Å². The maximum atomic E-state index is 12.5. The van der Waals surface area contributed by atoms with E-state index in [4.69, 9.17) is 14.2 Å². The zero-order valence-electron chi connectivity index (χ0n) is 16.5. The maximum absolute atomic E-state index is 12.5. The van der Waals surface area contributed by atoms with Crippen molar-refractivity contribution in [3.05, 3.63) is 0 Å². The van der Waals surface area contributed by atoms with E-state index >= 15 is 0 Å². The first kappa shape index (κ1) is 19.9. The van der Waals surface area contributed by atoms with Crippen molar-refractivity contribution in [1.29, 1.82) is 0 Å². The number of nitrogens with one attached hydrogen (secondary N) is 1. The fraction of sp³-hybridized carbons (Fsp3) is 0.950. The first-order valence-corrected chi connectivity index (χ1v) is 10.5. The molecule has 1 N–H and O–H groups in total. The summed E-state index contributed by atoms with van der Waals surface area (Å²) < 4.78 is 17.8. The molecule has 1 unspecified atom stereocenters. The lowest BCUT2D eigenvalue weighted by molar-refractivity contribution is -0.155. The van der Waals surface area contributed by atoms with E-state index in [-0.39, 0.29) is 23.8 Å². The van der Waals surface area contributed by atoms with Crippen molar-refractivity contribution in [3.8, 4) is 0 Å². The van der Waals surface area contributed by atoms with Gasteiger partial charge >= 0.3 is 6.03 Å². The number of hydrogen-bond acceptors (Lipinski definition) is 4. The van der Waals surface area contributed by atoms with Gasteiger partial charge in [0, 0.05) is 32.2 Å². The van der Waals surface area contributed by atoms with Gasteiger partial charge in [-0.15, -0.1) is 0 Å². The molecule has 0 aromatic carbocycles. The van der Waals surface area contributed by atoms with Crippen molar-refractivity contribution in [1.82, 2.24) is 10.2 Å². The summed E-state index contributed by atoms with van der Waals surface area (Å²) in [7, 11) is 0. The van der Waals surface area contributed by atoms with Gasteiger partial charge in [0.15, 0.2) is 0 Å². The topological polar surface area (TPSA) is 60.0 Å². The van der Waals surface area contributed by atoms with Crippen LogP contribution in [-0.4, -0.2) is 67.7 Å². The lowest BCUT2D eigenvalue weighted by Crippen LogP contribution is -2.54. The molecule has 0 aromatic heterocycles. The zero-order chi connectivity index (χ0) is 18.4. The molecule has 6 nitrogen and oxygen atoms in total. The van der Waals surface area contributed by atoms with E-state index in [9.17, 15) is 4.79 Å². The molecule has 2 saturated heterocycles. The second kappa shape index (κ2) is 9.38. The largest absolute Gasteiger partial charge is 0.376 e. The lowest BCUT2D eigenvalue weighted by atomic mass is 9.83. The number of carbonyl (C=O) groups excluding carboxylic acids is 1. The molecular weight excluding hydrogens is 332 g/mol. The highest BCUT2D eigenvalue weighted by molar-refractivity contribution is 5.74. The maximum Gasteiger partial charge on any atom is 0.317 e. The zero-order valence-corrected chi connectivity index (χ0v) is 16.5. The molecule has 0 radical (unpaired) electrons. The average molecular weight is 369 g/mol. The minimum absolute atomic E-state index is 0.105. The molecule has 3 aliphatic rings. The monoisotopic (exact) mass is 368 g/mol. The van der Waals surface area contributed by atoms with Crippen molar-refractivity contribution in [2.75, 3.05) is 32.9 Å². The smallest absolute Gasteiger partial charge is 0.317 e. The Labute approximate surface area is 157 Å². The number of hydrogen-bond donors (Lipinski definition) is 1. The van der Waals surface area contributed by atoms with Crippen molar-refractivity contribution in [3.63, 3.8) is 0 Å². The van der Waals surface area contributed by atoms with Gasteiger partial charge in [-0.1, -0.05) is 12.8 Å². The van der Waals surface area contributed by atoms with Crippen molar-refractivity contribution < 1.29 is 19.0 Å². The van der Waals surface area contributed by atoms with Crippen LogP contribution >= 0.6 is 0 Å². The second-order valence-corrected chi connectivity index (χ2v) is 8.35. The molecule has 3 fully saturated rings. The number of likely N-dealkylation sites (tertiary alicyclic amines) is 1. The summed E-state index contributed by atoms with van der Waals surface area (Å²) in [5.41, 5.74) is -0.105. The Balaban J connectivity index is 1.40. The van der Waals surface area contributed by atoms with Crippen molar-refractivity contribution in [2.45, 2.75) is 89.1 Å². The average Bonchev–Trinajstić information content (AvgIpc) is 3.12. The normalized spacial score (nSPS) is 26.6. The quantitative estimate of drug-likeness (QED) is 0.732. The molecule has 0 aromatic rings. The van der Waals surface area contributed by atoms with Gasteiger partial charge in [0.1, 0.15) is 0 Å². The molecule has 150 valence electrons. The van der Waals surface area contributed by atoms with Crippen LogP contribution in [0.1, 0.15) is 65.2 Å². The van der Waals surface area contributed by atoms with Crippen LogP contribution in [0.2, 0.25) is 0 Å². The molecule has 1 aliphatic carbocycles. The Morgan fingerprint density at radius 3 is 2.62 bits per heavy atom. The van der Waals surface area contributed by atoms with E-state index in [2.05, 4.69) is 5.32 Å². The summed E-state index contributed by atoms with van der Waals surface area (Å²) >= 11 is 0. The summed E-state index contributed by atoms with van der Waals surface area (Å²) in [6, 6.07) is 0.497. The van der Waals surface area contributed by atoms with E-state index in [1.54, 1.807) is 0 Å². The fourth-order valence-electron chi connectivity index (χ4n) is 4.43. The Morgan fingerprint density at radius 2 is 1.92 bits per heavy atom. The minimum Gasteiger partial charge on any atom is -0.376 e. The predicted octanol–water partition coefficient (Wildman–Crippen LogP) is 3.09. The van der Waals surface area contributed by atoms with E-state index < -0.39 is 0 Å². The van der Waals surface area contributed by atoms with Crippen LogP contribution in [0.5, 0.6) is 0 Å². The summed E-state index contributed by atoms with van der Waals surface area (Å²) in [5.74, 6) is 0. The van der Waals surface area contributed by atoms with Gasteiger partial charge in [0.05, 0.1) is 31.0 Å². The highest BCUT2D eigenvalue weighted by Crippen LogP contribution is 2.36. The van der Waals surface area contributed by atoms with Gasteiger partial charge in [-0.2, -0.15) is 0 Å². The molecule has 1 saturated carbocycles. The third-order valence-corrected chi connectivity index (χ3v) is 5.98. The molecule has 26 heavy (non-hydrogen) atoms. The van der Waals surface area contributed by atoms with Crippen LogP contribution in [-0.2, 0) is 14.2 Å². The van der Waals surface area contributed by atoms with Gasteiger partial charge in [-0.05, 0) is 46.0 Å². The number of piperidine rings is 1. The lowest BCUT2D eigenvalue weighted by Gasteiger charge is -2.46. The number of rotatable bonds is 6. The first-order chi connectivity index (χ1) is 12.6. The van der Waals surface area contributed by atoms with Crippen LogP contribution in [0.15, 0.2) is 0 Å². The molecule has 6 heteroatoms. The van der Waals surface area contributed by atoms with Crippen molar-refractivity contribution >= 4 is 6.03 Å². The molecule has 2 aliphatic heterocycles. The molecule has 0 bridgehead atoms. The summed E-state index contributed by atoms with van der Waals surface area (Å²) in [4.78, 5) is 14.4. The number of nitrogens with zero attached hydrogens (tertiary/aromatic N) is 1. The molecule has 2 amide bonds. The molecule has 2 heterocycles. The summed E-state index contributed by atoms with van der Waals surface area (Å²) in [6.45, 7) is 7.69. The van der Waals surface area contributed by atoms with Crippen LogP contribution in [0.25, 0.3) is 0 Å². The van der Waals surface area contributed by atoms with E-state index in [0.717, 1.165) is 58.2 Å². The van der Waals surface area contributed by atoms with E-state index in [0.29, 0.717) is 19.3 Å². The van der Waals surface area contributed by atoms with Gasteiger partial charge in [0.2, 0.25) is 0 Å². The molecule has 1 spiro atoms. The second-order valence-electron chi connectivity index (χ2n) is 8.35. The number of urea groups is 1. The van der Waals surface area contributed by atoms with E-state index in [1.807, 2.05) is 18.7 Å². The Morgan fingerprint density at radius 1 is 1.19 bits per heavy atom. The minimum atomic E-state index is -0.105.